The molecular weight excluding hydrogens is 394 g/mol. The van der Waals surface area contributed by atoms with Crippen LogP contribution in [0.5, 0.6) is 0 Å². The van der Waals surface area contributed by atoms with Gasteiger partial charge in [-0.2, -0.15) is 0 Å². The van der Waals surface area contributed by atoms with Gasteiger partial charge in [0.25, 0.3) is 0 Å². The van der Waals surface area contributed by atoms with E-state index >= 15 is 0 Å². The monoisotopic (exact) mass is 415 g/mol. The van der Waals surface area contributed by atoms with E-state index in [1.54, 1.807) is 13.0 Å². The number of carbonyl (C=O) groups is 3. The Morgan fingerprint density at radius 2 is 1.86 bits per heavy atom. The Labute approximate surface area is 171 Å². The van der Waals surface area contributed by atoms with Gasteiger partial charge >= 0.3 is 11.9 Å². The molecule has 4 atom stereocenters. The molecule has 0 aliphatic carbocycles. The number of hydrogen-bond acceptors (Lipinski definition) is 6. The minimum atomic E-state index is -1.03. The molecule has 2 bridgehead atoms. The number of amides is 1. The number of thiophene rings is 1. The van der Waals surface area contributed by atoms with Crippen LogP contribution in [0.3, 0.4) is 0 Å². The van der Waals surface area contributed by atoms with Crippen molar-refractivity contribution in [2.24, 2.45) is 11.8 Å². The number of esters is 1. The molecule has 3 heterocycles. The van der Waals surface area contributed by atoms with Crippen LogP contribution in [0.15, 0.2) is 36.4 Å². The van der Waals surface area contributed by atoms with Crippen molar-refractivity contribution in [2.45, 2.75) is 32.0 Å². The molecule has 2 N–H and O–H groups in total. The molecule has 2 aliphatic rings. The van der Waals surface area contributed by atoms with Gasteiger partial charge in [-0.15, -0.1) is 11.3 Å². The van der Waals surface area contributed by atoms with Gasteiger partial charge in [-0.3, -0.25) is 9.59 Å². The van der Waals surface area contributed by atoms with Crippen LogP contribution in [0, 0.1) is 11.8 Å². The first-order chi connectivity index (χ1) is 14.0. The molecule has 0 radical (unpaired) electrons. The second kappa shape index (κ2) is 7.96. The molecule has 4 unspecified atom stereocenters. The van der Waals surface area contributed by atoms with E-state index in [-0.39, 0.29) is 12.2 Å². The highest BCUT2D eigenvalue weighted by atomic mass is 32.1. The SMILES string of the molecule is CCOC(=O)c1cc(-c2ccccc2)sc1NC(=O)C1C2CCC(O2)C1C(=O)O. The summed E-state index contributed by atoms with van der Waals surface area (Å²) in [5.41, 5.74) is 1.18. The van der Waals surface area contributed by atoms with E-state index in [4.69, 9.17) is 9.47 Å². The minimum Gasteiger partial charge on any atom is -0.481 e. The summed E-state index contributed by atoms with van der Waals surface area (Å²) in [5.74, 6) is -3.63. The van der Waals surface area contributed by atoms with E-state index in [2.05, 4.69) is 5.32 Å². The quantitative estimate of drug-likeness (QED) is 0.701. The number of carboxylic acid groups (broad SMARTS) is 1. The fourth-order valence-corrected chi connectivity index (χ4v) is 5.16. The standard InChI is InChI=1S/C21H21NO6S/c1-2-27-21(26)12-10-15(11-6-4-3-5-7-11)29-19(12)22-18(23)16-13-8-9-14(28-13)17(16)20(24)25/h3-7,10,13-14,16-17H,2,8-9H2,1H3,(H,22,23)(H,24,25). The van der Waals surface area contributed by atoms with Gasteiger partial charge in [-0.1, -0.05) is 30.3 Å². The van der Waals surface area contributed by atoms with Gasteiger partial charge in [0.2, 0.25) is 5.91 Å². The van der Waals surface area contributed by atoms with Crippen LogP contribution in [0.1, 0.15) is 30.1 Å². The average Bonchev–Trinajstić information content (AvgIpc) is 3.43. The van der Waals surface area contributed by atoms with Crippen molar-refractivity contribution in [1.82, 2.24) is 0 Å². The smallest absolute Gasteiger partial charge is 0.341 e. The summed E-state index contributed by atoms with van der Waals surface area (Å²) in [4.78, 5) is 37.9. The molecule has 1 aromatic heterocycles. The summed E-state index contributed by atoms with van der Waals surface area (Å²) in [5, 5.41) is 12.7. The van der Waals surface area contributed by atoms with Gasteiger partial charge in [0.1, 0.15) is 5.00 Å². The number of hydrogen-bond donors (Lipinski definition) is 2. The third kappa shape index (κ3) is 3.65. The van der Waals surface area contributed by atoms with Crippen LogP contribution in [0.25, 0.3) is 10.4 Å². The molecule has 2 aromatic rings. The third-order valence-electron chi connectivity index (χ3n) is 5.38. The lowest BCUT2D eigenvalue weighted by molar-refractivity contribution is -0.147. The van der Waals surface area contributed by atoms with Crippen LogP contribution in [0.4, 0.5) is 5.00 Å². The lowest BCUT2D eigenvalue weighted by Gasteiger charge is -2.23. The van der Waals surface area contributed by atoms with Crippen LogP contribution >= 0.6 is 11.3 Å². The normalized spacial score (nSPS) is 25.0. The van der Waals surface area contributed by atoms with Gasteiger partial charge in [-0.25, -0.2) is 4.79 Å². The van der Waals surface area contributed by atoms with Gasteiger partial charge in [0.05, 0.1) is 36.2 Å². The highest BCUT2D eigenvalue weighted by Crippen LogP contribution is 2.45. The molecule has 8 heteroatoms. The number of anilines is 1. The van der Waals surface area contributed by atoms with Crippen molar-refractivity contribution in [3.63, 3.8) is 0 Å². The van der Waals surface area contributed by atoms with E-state index in [1.165, 1.54) is 11.3 Å². The first kappa shape index (κ1) is 19.6. The summed E-state index contributed by atoms with van der Waals surface area (Å²) in [7, 11) is 0. The molecule has 1 amide bonds. The van der Waals surface area contributed by atoms with Crippen molar-refractivity contribution in [3.8, 4) is 10.4 Å². The van der Waals surface area contributed by atoms with Crippen molar-refractivity contribution >= 4 is 34.2 Å². The van der Waals surface area contributed by atoms with Crippen molar-refractivity contribution in [3.05, 3.63) is 42.0 Å². The van der Waals surface area contributed by atoms with Crippen molar-refractivity contribution in [1.29, 1.82) is 0 Å². The Kier molecular flexibility index (Phi) is 5.38. The van der Waals surface area contributed by atoms with Crippen molar-refractivity contribution in [2.75, 3.05) is 11.9 Å². The predicted molar refractivity (Wildman–Crippen MR) is 107 cm³/mol. The molecule has 0 spiro atoms. The third-order valence-corrected chi connectivity index (χ3v) is 6.48. The maximum atomic E-state index is 13.0. The maximum Gasteiger partial charge on any atom is 0.341 e. The van der Waals surface area contributed by atoms with E-state index in [0.717, 1.165) is 10.4 Å². The van der Waals surface area contributed by atoms with E-state index in [1.807, 2.05) is 30.3 Å². The van der Waals surface area contributed by atoms with Gasteiger partial charge in [-0.05, 0) is 31.4 Å². The van der Waals surface area contributed by atoms with Crippen LogP contribution in [-0.2, 0) is 19.1 Å². The van der Waals surface area contributed by atoms with Crippen molar-refractivity contribution < 1.29 is 29.0 Å². The highest BCUT2D eigenvalue weighted by Gasteiger charge is 2.55. The number of aliphatic carboxylic acids is 1. The summed E-state index contributed by atoms with van der Waals surface area (Å²) in [6, 6.07) is 11.2. The Morgan fingerprint density at radius 1 is 1.17 bits per heavy atom. The van der Waals surface area contributed by atoms with Crippen LogP contribution in [0.2, 0.25) is 0 Å². The molecule has 29 heavy (non-hydrogen) atoms. The number of fused-ring (bicyclic) bond motifs is 2. The first-order valence-electron chi connectivity index (χ1n) is 9.55. The predicted octanol–water partition coefficient (Wildman–Crippen LogP) is 3.41. The number of nitrogens with one attached hydrogen (secondary N) is 1. The summed E-state index contributed by atoms with van der Waals surface area (Å²) >= 11 is 1.26. The lowest BCUT2D eigenvalue weighted by atomic mass is 9.79. The fourth-order valence-electron chi connectivity index (χ4n) is 4.11. The Hall–Kier alpha value is -2.71. The van der Waals surface area contributed by atoms with Crippen LogP contribution < -0.4 is 5.32 Å². The molecule has 152 valence electrons. The molecular formula is C21H21NO6S. The number of carboxylic acids is 1. The molecule has 4 rings (SSSR count). The zero-order valence-electron chi connectivity index (χ0n) is 15.8. The summed E-state index contributed by atoms with van der Waals surface area (Å²) in [6.45, 7) is 1.93. The Morgan fingerprint density at radius 3 is 2.52 bits per heavy atom. The van der Waals surface area contributed by atoms with E-state index < -0.39 is 41.9 Å². The number of benzene rings is 1. The lowest BCUT2D eigenvalue weighted by Crippen LogP contribution is -2.41. The van der Waals surface area contributed by atoms with Crippen LogP contribution in [-0.4, -0.2) is 41.8 Å². The first-order valence-corrected chi connectivity index (χ1v) is 10.4. The Bertz CT molecular complexity index is 940. The molecule has 2 saturated heterocycles. The summed E-state index contributed by atoms with van der Waals surface area (Å²) < 4.78 is 10.8. The largest absolute Gasteiger partial charge is 0.481 e. The molecule has 0 saturated carbocycles. The van der Waals surface area contributed by atoms with E-state index in [0.29, 0.717) is 17.8 Å². The molecule has 2 aliphatic heterocycles. The van der Waals surface area contributed by atoms with E-state index in [9.17, 15) is 19.5 Å². The zero-order valence-corrected chi connectivity index (χ0v) is 16.6. The Balaban J connectivity index is 1.63. The van der Waals surface area contributed by atoms with Gasteiger partial charge in [0, 0.05) is 4.88 Å². The highest BCUT2D eigenvalue weighted by molar-refractivity contribution is 7.20. The average molecular weight is 415 g/mol. The number of ether oxygens (including phenoxy) is 2. The number of rotatable bonds is 6. The fraction of sp³-hybridized carbons (Fsp3) is 0.381. The second-order valence-electron chi connectivity index (χ2n) is 7.11. The number of carbonyl (C=O) groups excluding carboxylic acids is 2. The maximum absolute atomic E-state index is 13.0. The van der Waals surface area contributed by atoms with Gasteiger partial charge in [0.15, 0.2) is 0 Å². The zero-order chi connectivity index (χ0) is 20.5. The summed E-state index contributed by atoms with van der Waals surface area (Å²) in [6.07, 6.45) is 0.481. The van der Waals surface area contributed by atoms with Gasteiger partial charge < -0.3 is 19.9 Å². The minimum absolute atomic E-state index is 0.212. The molecule has 1 aromatic carbocycles. The second-order valence-corrected chi connectivity index (χ2v) is 8.16. The topological polar surface area (TPSA) is 102 Å². The molecule has 7 nitrogen and oxygen atoms in total. The molecule has 2 fully saturated rings.